The lowest BCUT2D eigenvalue weighted by atomic mass is 9.91. The Hall–Kier alpha value is -1.82. The fourth-order valence-electron chi connectivity index (χ4n) is 3.04. The van der Waals surface area contributed by atoms with Crippen LogP contribution in [-0.4, -0.2) is 9.78 Å². The molecule has 1 heterocycles. The standard InChI is InChI=1S/C15H16F3N3/c1-9-14-11(19)6-4-8-13(14)21(20-9)12-7-3-2-5-10(12)15(16,17)18/h2-3,5,7,11H,4,6,8,19H2,1H3. The molecule has 3 rings (SSSR count). The molecule has 0 radical (unpaired) electrons. The number of fused-ring (bicyclic) bond motifs is 1. The molecule has 112 valence electrons. The van der Waals surface area contributed by atoms with Gasteiger partial charge in [-0.05, 0) is 38.3 Å². The van der Waals surface area contributed by atoms with Crippen LogP contribution in [0.2, 0.25) is 0 Å². The second-order valence-corrected chi connectivity index (χ2v) is 5.37. The van der Waals surface area contributed by atoms with Gasteiger partial charge in [0.15, 0.2) is 0 Å². The summed E-state index contributed by atoms with van der Waals surface area (Å²) in [6, 6.07) is 5.38. The predicted molar refractivity (Wildman–Crippen MR) is 73.2 cm³/mol. The molecule has 2 N–H and O–H groups in total. The van der Waals surface area contributed by atoms with Gasteiger partial charge in [0.2, 0.25) is 0 Å². The lowest BCUT2D eigenvalue weighted by Crippen LogP contribution is -2.19. The van der Waals surface area contributed by atoms with Crippen LogP contribution in [-0.2, 0) is 12.6 Å². The van der Waals surface area contributed by atoms with Crippen molar-refractivity contribution >= 4 is 0 Å². The maximum atomic E-state index is 13.2. The number of nitrogens with two attached hydrogens (primary N) is 1. The zero-order valence-electron chi connectivity index (χ0n) is 11.6. The fraction of sp³-hybridized carbons (Fsp3) is 0.400. The molecule has 0 aliphatic heterocycles. The molecule has 1 atom stereocenters. The van der Waals surface area contributed by atoms with Crippen LogP contribution in [0.1, 0.15) is 41.4 Å². The van der Waals surface area contributed by atoms with Crippen molar-refractivity contribution in [3.63, 3.8) is 0 Å². The third kappa shape index (κ3) is 2.33. The Morgan fingerprint density at radius 1 is 1.29 bits per heavy atom. The third-order valence-corrected chi connectivity index (χ3v) is 3.94. The number of hydrogen-bond donors (Lipinski definition) is 1. The molecule has 3 nitrogen and oxygen atoms in total. The summed E-state index contributed by atoms with van der Waals surface area (Å²) >= 11 is 0. The van der Waals surface area contributed by atoms with Gasteiger partial charge in [0.25, 0.3) is 0 Å². The lowest BCUT2D eigenvalue weighted by molar-refractivity contribution is -0.137. The van der Waals surface area contributed by atoms with E-state index in [-0.39, 0.29) is 11.7 Å². The van der Waals surface area contributed by atoms with Crippen molar-refractivity contribution in [2.75, 3.05) is 0 Å². The number of aryl methyl sites for hydroxylation is 1. The van der Waals surface area contributed by atoms with Gasteiger partial charge in [-0.2, -0.15) is 18.3 Å². The second kappa shape index (κ2) is 4.87. The van der Waals surface area contributed by atoms with E-state index < -0.39 is 11.7 Å². The summed E-state index contributed by atoms with van der Waals surface area (Å²) in [4.78, 5) is 0. The third-order valence-electron chi connectivity index (χ3n) is 3.94. The Balaban J connectivity index is 2.22. The molecular formula is C15H16F3N3. The Labute approximate surface area is 120 Å². The smallest absolute Gasteiger partial charge is 0.324 e. The number of para-hydroxylation sites is 1. The van der Waals surface area contributed by atoms with Gasteiger partial charge in [0.1, 0.15) is 0 Å². The monoisotopic (exact) mass is 295 g/mol. The first-order chi connectivity index (χ1) is 9.89. The largest absolute Gasteiger partial charge is 0.418 e. The number of hydrogen-bond acceptors (Lipinski definition) is 2. The summed E-state index contributed by atoms with van der Waals surface area (Å²) in [7, 11) is 0. The Bertz CT molecular complexity index is 673. The summed E-state index contributed by atoms with van der Waals surface area (Å²) in [6.07, 6.45) is -1.98. The van der Waals surface area contributed by atoms with Crippen LogP contribution in [0.25, 0.3) is 5.69 Å². The van der Waals surface area contributed by atoms with Gasteiger partial charge in [-0.25, -0.2) is 4.68 Å². The molecule has 0 bridgehead atoms. The number of halogens is 3. The quantitative estimate of drug-likeness (QED) is 0.874. The van der Waals surface area contributed by atoms with E-state index in [4.69, 9.17) is 5.73 Å². The van der Waals surface area contributed by atoms with Crippen LogP contribution in [0.5, 0.6) is 0 Å². The van der Waals surface area contributed by atoms with E-state index in [2.05, 4.69) is 5.10 Å². The van der Waals surface area contributed by atoms with Gasteiger partial charge < -0.3 is 5.73 Å². The first-order valence-electron chi connectivity index (χ1n) is 6.90. The molecule has 1 aliphatic carbocycles. The summed E-state index contributed by atoms with van der Waals surface area (Å²) in [5.41, 5.74) is 7.91. The molecule has 1 aliphatic rings. The Morgan fingerprint density at radius 2 is 2.00 bits per heavy atom. The molecule has 1 unspecified atom stereocenters. The van der Waals surface area contributed by atoms with Crippen LogP contribution >= 0.6 is 0 Å². The minimum Gasteiger partial charge on any atom is -0.324 e. The molecule has 6 heteroatoms. The van der Waals surface area contributed by atoms with Crippen molar-refractivity contribution < 1.29 is 13.2 Å². The van der Waals surface area contributed by atoms with Gasteiger partial charge in [0.05, 0.1) is 16.9 Å². The highest BCUT2D eigenvalue weighted by molar-refractivity contribution is 5.46. The molecule has 0 saturated heterocycles. The summed E-state index contributed by atoms with van der Waals surface area (Å²) in [6.45, 7) is 1.80. The van der Waals surface area contributed by atoms with Crippen molar-refractivity contribution in [3.8, 4) is 5.69 Å². The zero-order chi connectivity index (χ0) is 15.2. The highest BCUT2D eigenvalue weighted by atomic mass is 19.4. The normalized spacial score (nSPS) is 18.6. The van der Waals surface area contributed by atoms with Crippen molar-refractivity contribution in [1.29, 1.82) is 0 Å². The molecule has 0 amide bonds. The fourth-order valence-corrected chi connectivity index (χ4v) is 3.04. The van der Waals surface area contributed by atoms with Crippen LogP contribution in [0.15, 0.2) is 24.3 Å². The molecule has 1 aromatic carbocycles. The second-order valence-electron chi connectivity index (χ2n) is 5.37. The highest BCUT2D eigenvalue weighted by Gasteiger charge is 2.35. The number of alkyl halides is 3. The van der Waals surface area contributed by atoms with Crippen LogP contribution in [0.4, 0.5) is 13.2 Å². The van der Waals surface area contributed by atoms with E-state index in [1.165, 1.54) is 16.8 Å². The van der Waals surface area contributed by atoms with E-state index in [1.807, 2.05) is 0 Å². The van der Waals surface area contributed by atoms with Gasteiger partial charge >= 0.3 is 6.18 Å². The SMILES string of the molecule is Cc1nn(-c2ccccc2C(F)(F)F)c2c1C(N)CCC2. The number of nitrogens with zero attached hydrogens (tertiary/aromatic N) is 2. The average Bonchev–Trinajstić information content (AvgIpc) is 2.76. The zero-order valence-corrected chi connectivity index (χ0v) is 11.6. The number of benzene rings is 1. The molecule has 0 saturated carbocycles. The minimum absolute atomic E-state index is 0.0726. The van der Waals surface area contributed by atoms with Crippen molar-refractivity contribution in [1.82, 2.24) is 9.78 Å². The average molecular weight is 295 g/mol. The molecule has 1 aromatic heterocycles. The predicted octanol–water partition coefficient (Wildman–Crippen LogP) is 3.54. The van der Waals surface area contributed by atoms with Gasteiger partial charge in [0, 0.05) is 17.3 Å². The van der Waals surface area contributed by atoms with Gasteiger partial charge in [-0.3, -0.25) is 0 Å². The van der Waals surface area contributed by atoms with Crippen LogP contribution in [0, 0.1) is 6.92 Å². The molecule has 0 spiro atoms. The first kappa shape index (κ1) is 14.1. The topological polar surface area (TPSA) is 43.8 Å². The maximum absolute atomic E-state index is 13.2. The Morgan fingerprint density at radius 3 is 2.71 bits per heavy atom. The van der Waals surface area contributed by atoms with Crippen molar-refractivity contribution in [3.05, 3.63) is 46.8 Å². The van der Waals surface area contributed by atoms with E-state index in [0.717, 1.165) is 30.2 Å². The molecular weight excluding hydrogens is 279 g/mol. The van der Waals surface area contributed by atoms with Crippen LogP contribution in [0.3, 0.4) is 0 Å². The van der Waals surface area contributed by atoms with Gasteiger partial charge in [-0.15, -0.1) is 0 Å². The van der Waals surface area contributed by atoms with E-state index >= 15 is 0 Å². The lowest BCUT2D eigenvalue weighted by Gasteiger charge is -2.21. The van der Waals surface area contributed by atoms with Crippen molar-refractivity contribution in [2.24, 2.45) is 5.73 Å². The van der Waals surface area contributed by atoms with Crippen molar-refractivity contribution in [2.45, 2.75) is 38.4 Å². The van der Waals surface area contributed by atoms with E-state index in [1.54, 1.807) is 13.0 Å². The van der Waals surface area contributed by atoms with E-state index in [0.29, 0.717) is 12.1 Å². The number of aromatic nitrogens is 2. The maximum Gasteiger partial charge on any atom is 0.418 e. The molecule has 0 fully saturated rings. The molecule has 21 heavy (non-hydrogen) atoms. The van der Waals surface area contributed by atoms with E-state index in [9.17, 15) is 13.2 Å². The highest BCUT2D eigenvalue weighted by Crippen LogP contribution is 2.37. The summed E-state index contributed by atoms with van der Waals surface area (Å²) in [5, 5.41) is 4.32. The summed E-state index contributed by atoms with van der Waals surface area (Å²) < 4.78 is 41.0. The molecule has 2 aromatic rings. The summed E-state index contributed by atoms with van der Waals surface area (Å²) in [5.74, 6) is 0. The number of rotatable bonds is 1. The van der Waals surface area contributed by atoms with Crippen LogP contribution < -0.4 is 5.73 Å². The Kier molecular flexibility index (Phi) is 3.28. The first-order valence-corrected chi connectivity index (χ1v) is 6.90. The minimum atomic E-state index is -4.40. The van der Waals surface area contributed by atoms with Gasteiger partial charge in [-0.1, -0.05) is 12.1 Å².